The summed E-state index contributed by atoms with van der Waals surface area (Å²) < 4.78 is 26.1. The predicted molar refractivity (Wildman–Crippen MR) is 140 cm³/mol. The highest BCUT2D eigenvalue weighted by atomic mass is 32.2. The number of amides is 2. The topological polar surface area (TPSA) is 179 Å². The van der Waals surface area contributed by atoms with Gasteiger partial charge in [-0.15, -0.1) is 0 Å². The fourth-order valence-electron chi connectivity index (χ4n) is 3.62. The van der Waals surface area contributed by atoms with Crippen molar-refractivity contribution in [3.63, 3.8) is 0 Å². The number of carbonyl (C=O) groups is 2. The van der Waals surface area contributed by atoms with Crippen LogP contribution < -0.4 is 10.6 Å². The van der Waals surface area contributed by atoms with E-state index in [1.54, 1.807) is 0 Å². The lowest BCUT2D eigenvalue weighted by Crippen LogP contribution is -2.14. The summed E-state index contributed by atoms with van der Waals surface area (Å²) in [4.78, 5) is 45.8. The second-order valence-corrected chi connectivity index (χ2v) is 9.96. The van der Waals surface area contributed by atoms with Gasteiger partial charge < -0.3 is 10.6 Å². The van der Waals surface area contributed by atoms with Crippen LogP contribution in [-0.2, 0) is 9.84 Å². The molecule has 0 aliphatic rings. The molecule has 0 aliphatic carbocycles. The number of anilines is 2. The van der Waals surface area contributed by atoms with E-state index in [2.05, 4.69) is 10.6 Å². The van der Waals surface area contributed by atoms with Crippen LogP contribution >= 0.6 is 0 Å². The van der Waals surface area contributed by atoms with Crippen LogP contribution in [0, 0.1) is 20.2 Å². The molecule has 0 aromatic heterocycles. The second-order valence-electron chi connectivity index (χ2n) is 8.01. The molecular weight excluding hydrogens is 528 g/mol. The van der Waals surface area contributed by atoms with Crippen LogP contribution in [0.25, 0.3) is 0 Å². The first-order chi connectivity index (χ1) is 18.6. The lowest BCUT2D eigenvalue weighted by Gasteiger charge is -2.09. The summed E-state index contributed by atoms with van der Waals surface area (Å²) in [5, 5.41) is 27.3. The van der Waals surface area contributed by atoms with Gasteiger partial charge in [0.05, 0.1) is 19.6 Å². The van der Waals surface area contributed by atoms with Gasteiger partial charge in [-0.25, -0.2) is 8.42 Å². The zero-order chi connectivity index (χ0) is 28.2. The van der Waals surface area contributed by atoms with Crippen LogP contribution in [0.4, 0.5) is 22.7 Å². The Morgan fingerprint density at radius 2 is 0.897 bits per heavy atom. The molecule has 4 rings (SSSR count). The number of sulfone groups is 1. The van der Waals surface area contributed by atoms with E-state index >= 15 is 0 Å². The zero-order valence-corrected chi connectivity index (χ0v) is 20.6. The molecule has 0 aliphatic heterocycles. The molecule has 0 bridgehead atoms. The molecule has 0 atom stereocenters. The van der Waals surface area contributed by atoms with Gasteiger partial charge in [0.1, 0.15) is 11.1 Å². The van der Waals surface area contributed by atoms with Gasteiger partial charge in [0.25, 0.3) is 23.2 Å². The van der Waals surface area contributed by atoms with Crippen LogP contribution in [0.1, 0.15) is 20.7 Å². The normalized spacial score (nSPS) is 10.9. The summed E-state index contributed by atoms with van der Waals surface area (Å²) in [7, 11) is -3.97. The van der Waals surface area contributed by atoms with Crippen molar-refractivity contribution in [3.05, 3.63) is 128 Å². The number of nitrogens with zero attached hydrogens (tertiary/aromatic N) is 2. The van der Waals surface area contributed by atoms with Crippen molar-refractivity contribution >= 4 is 44.4 Å². The molecule has 0 heterocycles. The smallest absolute Gasteiger partial charge is 0.282 e. The largest absolute Gasteiger partial charge is 0.322 e. The fourth-order valence-corrected chi connectivity index (χ4v) is 4.88. The first-order valence-corrected chi connectivity index (χ1v) is 12.6. The molecule has 0 fully saturated rings. The van der Waals surface area contributed by atoms with Gasteiger partial charge >= 0.3 is 0 Å². The van der Waals surface area contributed by atoms with Crippen LogP contribution in [0.3, 0.4) is 0 Å². The number of carbonyl (C=O) groups excluding carboxylic acids is 2. The Kier molecular flexibility index (Phi) is 7.44. The van der Waals surface area contributed by atoms with E-state index in [0.717, 1.165) is 0 Å². The Hall–Kier alpha value is -5.43. The standard InChI is InChI=1S/C26H18N4O8S/c31-25(21-5-1-3-7-23(21)29(33)34)27-17-9-13-19(14-10-17)39(37,38)20-15-11-18(12-16-20)28-26(32)22-6-2-4-8-24(22)30(35)36/h1-16H,(H,27,31)(H,28,32). The van der Waals surface area contributed by atoms with Crippen molar-refractivity contribution in [1.29, 1.82) is 0 Å². The third-order valence-electron chi connectivity index (χ3n) is 5.54. The Balaban J connectivity index is 1.47. The summed E-state index contributed by atoms with van der Waals surface area (Å²) in [5.41, 5.74) is -0.566. The molecule has 2 N–H and O–H groups in total. The van der Waals surface area contributed by atoms with Gasteiger partial charge in [-0.3, -0.25) is 29.8 Å². The highest BCUT2D eigenvalue weighted by molar-refractivity contribution is 7.91. The maximum absolute atomic E-state index is 13.1. The second kappa shape index (κ2) is 10.9. The maximum atomic E-state index is 13.1. The molecule has 2 amide bonds. The summed E-state index contributed by atoms with van der Waals surface area (Å²) in [6, 6.07) is 21.3. The number of benzene rings is 4. The first kappa shape index (κ1) is 26.6. The number of rotatable bonds is 8. The zero-order valence-electron chi connectivity index (χ0n) is 19.8. The monoisotopic (exact) mass is 546 g/mol. The Labute approximate surface area is 221 Å². The molecule has 0 saturated carbocycles. The van der Waals surface area contributed by atoms with Crippen molar-refractivity contribution in [2.75, 3.05) is 10.6 Å². The highest BCUT2D eigenvalue weighted by Gasteiger charge is 2.22. The number of nitro benzene ring substituents is 2. The molecule has 12 nitrogen and oxygen atoms in total. The van der Waals surface area contributed by atoms with Gasteiger partial charge in [0, 0.05) is 23.5 Å². The molecule has 4 aromatic rings. The van der Waals surface area contributed by atoms with Gasteiger partial charge in [0.15, 0.2) is 0 Å². The molecule has 0 unspecified atom stereocenters. The SMILES string of the molecule is O=C(Nc1ccc(S(=O)(=O)c2ccc(NC(=O)c3ccccc3[N+](=O)[O-])cc2)cc1)c1ccccc1[N+](=O)[O-]. The van der Waals surface area contributed by atoms with Crippen molar-refractivity contribution in [2.45, 2.75) is 9.79 Å². The van der Waals surface area contributed by atoms with E-state index in [0.29, 0.717) is 0 Å². The predicted octanol–water partition coefficient (Wildman–Crippen LogP) is 4.84. The maximum Gasteiger partial charge on any atom is 0.282 e. The average Bonchev–Trinajstić information content (AvgIpc) is 2.93. The molecule has 13 heteroatoms. The van der Waals surface area contributed by atoms with Crippen molar-refractivity contribution in [3.8, 4) is 0 Å². The van der Waals surface area contributed by atoms with Gasteiger partial charge in [-0.05, 0) is 60.7 Å². The molecule has 39 heavy (non-hydrogen) atoms. The Morgan fingerprint density at radius 1 is 0.564 bits per heavy atom. The minimum atomic E-state index is -3.97. The number of hydrogen-bond donors (Lipinski definition) is 2. The number of hydrogen-bond acceptors (Lipinski definition) is 8. The van der Waals surface area contributed by atoms with Crippen molar-refractivity contribution < 1.29 is 27.9 Å². The van der Waals surface area contributed by atoms with Gasteiger partial charge in [-0.2, -0.15) is 0 Å². The van der Waals surface area contributed by atoms with E-state index in [9.17, 15) is 38.2 Å². The number of para-hydroxylation sites is 2. The first-order valence-electron chi connectivity index (χ1n) is 11.1. The van der Waals surface area contributed by atoms with E-state index < -0.39 is 31.5 Å². The molecular formula is C26H18N4O8S. The van der Waals surface area contributed by atoms with Crippen LogP contribution in [-0.4, -0.2) is 30.1 Å². The van der Waals surface area contributed by atoms with Crippen LogP contribution in [0.5, 0.6) is 0 Å². The fraction of sp³-hybridized carbons (Fsp3) is 0. The van der Waals surface area contributed by atoms with Crippen molar-refractivity contribution in [2.24, 2.45) is 0 Å². The van der Waals surface area contributed by atoms with Crippen LogP contribution in [0.15, 0.2) is 107 Å². The number of nitro groups is 2. The molecule has 0 radical (unpaired) electrons. The van der Waals surface area contributed by atoms with E-state index in [-0.39, 0.29) is 43.7 Å². The van der Waals surface area contributed by atoms with Crippen molar-refractivity contribution in [1.82, 2.24) is 0 Å². The third-order valence-corrected chi connectivity index (χ3v) is 7.32. The Morgan fingerprint density at radius 3 is 1.23 bits per heavy atom. The Bertz CT molecular complexity index is 1580. The summed E-state index contributed by atoms with van der Waals surface area (Å²) in [6.07, 6.45) is 0. The molecule has 0 saturated heterocycles. The van der Waals surface area contributed by atoms with E-state index in [1.165, 1.54) is 97.1 Å². The molecule has 0 spiro atoms. The third kappa shape index (κ3) is 5.78. The quantitative estimate of drug-likeness (QED) is 0.233. The van der Waals surface area contributed by atoms with Crippen LogP contribution in [0.2, 0.25) is 0 Å². The van der Waals surface area contributed by atoms with E-state index in [4.69, 9.17) is 0 Å². The number of nitrogens with one attached hydrogen (secondary N) is 2. The van der Waals surface area contributed by atoms with E-state index in [1.807, 2.05) is 0 Å². The molecule has 196 valence electrons. The lowest BCUT2D eigenvalue weighted by molar-refractivity contribution is -0.385. The summed E-state index contributed by atoms with van der Waals surface area (Å²) >= 11 is 0. The van der Waals surface area contributed by atoms with Gasteiger partial charge in [-0.1, -0.05) is 24.3 Å². The summed E-state index contributed by atoms with van der Waals surface area (Å²) in [5.74, 6) is -1.45. The highest BCUT2D eigenvalue weighted by Crippen LogP contribution is 2.26. The summed E-state index contributed by atoms with van der Waals surface area (Å²) in [6.45, 7) is 0. The molecule has 4 aromatic carbocycles. The minimum absolute atomic E-state index is 0.0807. The minimum Gasteiger partial charge on any atom is -0.322 e. The average molecular weight is 547 g/mol. The lowest BCUT2D eigenvalue weighted by atomic mass is 10.1. The van der Waals surface area contributed by atoms with Gasteiger partial charge in [0.2, 0.25) is 9.84 Å².